The monoisotopic (exact) mass is 587 g/mol. The van der Waals surface area contributed by atoms with E-state index in [1.165, 1.54) is 17.2 Å². The zero-order valence-corrected chi connectivity index (χ0v) is 28.1. The molecule has 0 heterocycles. The summed E-state index contributed by atoms with van der Waals surface area (Å²) in [5.41, 5.74) is 3.91. The van der Waals surface area contributed by atoms with Gasteiger partial charge < -0.3 is 19.9 Å². The third-order valence-electron chi connectivity index (χ3n) is 8.81. The number of hydrogen-bond acceptors (Lipinski definition) is 4. The van der Waals surface area contributed by atoms with Gasteiger partial charge in [0.2, 0.25) is 0 Å². The van der Waals surface area contributed by atoms with Gasteiger partial charge in [-0.05, 0) is 83.4 Å². The lowest BCUT2D eigenvalue weighted by Gasteiger charge is -2.31. The quantitative estimate of drug-likeness (QED) is 0.209. The minimum atomic E-state index is -0.711. The molecule has 1 unspecified atom stereocenters. The lowest BCUT2D eigenvalue weighted by molar-refractivity contribution is -0.123. The van der Waals surface area contributed by atoms with Crippen LogP contribution in [0.4, 0.5) is 5.69 Å². The van der Waals surface area contributed by atoms with Crippen molar-refractivity contribution in [1.29, 1.82) is 0 Å². The van der Waals surface area contributed by atoms with Crippen LogP contribution in [0.5, 0.6) is 23.0 Å². The van der Waals surface area contributed by atoms with E-state index in [1.54, 1.807) is 12.1 Å². The van der Waals surface area contributed by atoms with Gasteiger partial charge in [0, 0.05) is 11.6 Å². The number of amides is 1. The first-order valence-corrected chi connectivity index (χ1v) is 15.8. The minimum absolute atomic E-state index is 0.0302. The van der Waals surface area contributed by atoms with E-state index in [1.807, 2.05) is 30.3 Å². The number of nitrogens with one attached hydrogen (secondary N) is 1. The Morgan fingerprint density at radius 3 is 1.98 bits per heavy atom. The predicted octanol–water partition coefficient (Wildman–Crippen LogP) is 10.4. The number of phenols is 1. The molecule has 3 rings (SSSR count). The highest BCUT2D eigenvalue weighted by atomic mass is 16.5. The molecule has 0 saturated carbocycles. The van der Waals surface area contributed by atoms with E-state index in [0.717, 1.165) is 37.0 Å². The Hall–Kier alpha value is -3.47. The molecule has 0 radical (unpaired) electrons. The van der Waals surface area contributed by atoms with Crippen LogP contribution < -0.4 is 14.8 Å². The van der Waals surface area contributed by atoms with E-state index in [9.17, 15) is 9.90 Å². The van der Waals surface area contributed by atoms with Crippen LogP contribution in [0.25, 0.3) is 0 Å². The molecule has 3 aromatic carbocycles. The largest absolute Gasteiger partial charge is 0.508 e. The molecule has 5 heteroatoms. The fourth-order valence-electron chi connectivity index (χ4n) is 4.83. The standard InChI is InChI=1S/C38H53NO4/c1-11-14-15-34(43-32-22-18-27(37(7,8)12-2)24-30(32)38(9,10)13-3)35(41)39-31-25-28(40)19-23-33(31)42-29-20-16-26(17-21-29)36(4,5)6/h16-25,34,40H,11-15H2,1-10H3,(H,39,41). The Labute approximate surface area is 260 Å². The van der Waals surface area contributed by atoms with Crippen molar-refractivity contribution in [3.63, 3.8) is 0 Å². The topological polar surface area (TPSA) is 67.8 Å². The van der Waals surface area contributed by atoms with Crippen molar-refractivity contribution in [3.05, 3.63) is 77.4 Å². The fraction of sp³-hybridized carbons (Fsp3) is 0.500. The fourth-order valence-corrected chi connectivity index (χ4v) is 4.83. The molecule has 1 amide bonds. The summed E-state index contributed by atoms with van der Waals surface area (Å²) in [4.78, 5) is 13.8. The van der Waals surface area contributed by atoms with Crippen LogP contribution in [0.1, 0.15) is 118 Å². The number of carbonyl (C=O) groups is 1. The Balaban J connectivity index is 1.92. The first kappa shape index (κ1) is 34.0. The van der Waals surface area contributed by atoms with Crippen molar-refractivity contribution >= 4 is 11.6 Å². The molecule has 0 fully saturated rings. The molecule has 1 atom stereocenters. The Morgan fingerprint density at radius 1 is 0.791 bits per heavy atom. The summed E-state index contributed by atoms with van der Waals surface area (Å²) in [6.45, 7) is 22.0. The van der Waals surface area contributed by atoms with Gasteiger partial charge in [-0.15, -0.1) is 0 Å². The van der Waals surface area contributed by atoms with Gasteiger partial charge in [-0.2, -0.15) is 0 Å². The number of ether oxygens (including phenoxy) is 2. The molecule has 0 aliphatic carbocycles. The van der Waals surface area contributed by atoms with Crippen LogP contribution in [-0.2, 0) is 21.0 Å². The number of carbonyl (C=O) groups excluding carboxylic acids is 1. The Bertz CT molecular complexity index is 1370. The van der Waals surface area contributed by atoms with Crippen LogP contribution in [0, 0.1) is 0 Å². The zero-order chi connectivity index (χ0) is 32.0. The maximum absolute atomic E-state index is 13.8. The van der Waals surface area contributed by atoms with Crippen LogP contribution in [0.2, 0.25) is 0 Å². The highest BCUT2D eigenvalue weighted by Crippen LogP contribution is 2.40. The molecule has 0 aliphatic heterocycles. The van der Waals surface area contributed by atoms with Crippen LogP contribution in [0.3, 0.4) is 0 Å². The van der Waals surface area contributed by atoms with E-state index >= 15 is 0 Å². The molecule has 0 saturated heterocycles. The normalized spacial score (nSPS) is 13.0. The Morgan fingerprint density at radius 2 is 1.40 bits per heavy atom. The maximum atomic E-state index is 13.8. The molecule has 2 N–H and O–H groups in total. The van der Waals surface area contributed by atoms with Gasteiger partial charge in [0.25, 0.3) is 5.91 Å². The number of unbranched alkanes of at least 4 members (excludes halogenated alkanes) is 1. The van der Waals surface area contributed by atoms with Gasteiger partial charge in [0.05, 0.1) is 5.69 Å². The molecular weight excluding hydrogens is 534 g/mol. The number of hydrogen-bond donors (Lipinski definition) is 2. The number of rotatable bonds is 13. The van der Waals surface area contributed by atoms with E-state index < -0.39 is 6.10 Å². The molecule has 5 nitrogen and oxygen atoms in total. The van der Waals surface area contributed by atoms with Gasteiger partial charge in [-0.25, -0.2) is 0 Å². The van der Waals surface area contributed by atoms with Crippen molar-refractivity contribution in [2.45, 2.75) is 124 Å². The molecule has 0 aromatic heterocycles. The summed E-state index contributed by atoms with van der Waals surface area (Å²) in [5.74, 6) is 1.60. The summed E-state index contributed by atoms with van der Waals surface area (Å²) >= 11 is 0. The highest BCUT2D eigenvalue weighted by molar-refractivity contribution is 5.96. The van der Waals surface area contributed by atoms with E-state index in [-0.39, 0.29) is 27.9 Å². The van der Waals surface area contributed by atoms with E-state index in [2.05, 4.69) is 86.7 Å². The molecule has 3 aromatic rings. The third kappa shape index (κ3) is 8.78. The number of benzene rings is 3. The predicted molar refractivity (Wildman–Crippen MR) is 179 cm³/mol. The number of aromatic hydroxyl groups is 1. The molecule has 234 valence electrons. The SMILES string of the molecule is CCCCC(Oc1ccc(C(C)(C)CC)cc1C(C)(C)CC)C(=O)Nc1cc(O)ccc1Oc1ccc(C(C)(C)C)cc1. The van der Waals surface area contributed by atoms with E-state index in [0.29, 0.717) is 23.6 Å². The number of anilines is 1. The molecule has 0 spiro atoms. The van der Waals surface area contributed by atoms with Gasteiger partial charge in [-0.1, -0.05) is 99.9 Å². The molecule has 0 bridgehead atoms. The van der Waals surface area contributed by atoms with Gasteiger partial charge in [0.15, 0.2) is 11.9 Å². The summed E-state index contributed by atoms with van der Waals surface area (Å²) in [6, 6.07) is 19.1. The second-order valence-electron chi connectivity index (χ2n) is 14.0. The second kappa shape index (κ2) is 13.9. The molecule has 43 heavy (non-hydrogen) atoms. The van der Waals surface area contributed by atoms with Crippen molar-refractivity contribution < 1.29 is 19.4 Å². The summed E-state index contributed by atoms with van der Waals surface area (Å²) < 4.78 is 12.8. The van der Waals surface area contributed by atoms with Crippen LogP contribution >= 0.6 is 0 Å². The highest BCUT2D eigenvalue weighted by Gasteiger charge is 2.29. The molecular formula is C38H53NO4. The zero-order valence-electron chi connectivity index (χ0n) is 28.1. The average molecular weight is 588 g/mol. The lowest BCUT2D eigenvalue weighted by Crippen LogP contribution is -2.34. The Kier molecular flexibility index (Phi) is 11.0. The third-order valence-corrected chi connectivity index (χ3v) is 8.81. The summed E-state index contributed by atoms with van der Waals surface area (Å²) in [6.07, 6.45) is 3.60. The van der Waals surface area contributed by atoms with Crippen molar-refractivity contribution in [2.75, 3.05) is 5.32 Å². The van der Waals surface area contributed by atoms with Crippen molar-refractivity contribution in [2.24, 2.45) is 0 Å². The maximum Gasteiger partial charge on any atom is 0.265 e. The van der Waals surface area contributed by atoms with Crippen molar-refractivity contribution in [3.8, 4) is 23.0 Å². The summed E-state index contributed by atoms with van der Waals surface area (Å²) in [7, 11) is 0. The van der Waals surface area contributed by atoms with Crippen LogP contribution in [0.15, 0.2) is 60.7 Å². The summed E-state index contributed by atoms with van der Waals surface area (Å²) in [5, 5.41) is 13.3. The molecule has 0 aliphatic rings. The average Bonchev–Trinajstić information content (AvgIpc) is 2.96. The number of phenolic OH excluding ortho intramolecular Hbond substituents is 1. The first-order valence-electron chi connectivity index (χ1n) is 15.8. The lowest BCUT2D eigenvalue weighted by atomic mass is 9.76. The van der Waals surface area contributed by atoms with Gasteiger partial charge >= 0.3 is 0 Å². The van der Waals surface area contributed by atoms with Gasteiger partial charge in [0.1, 0.15) is 17.2 Å². The second-order valence-corrected chi connectivity index (χ2v) is 14.0. The van der Waals surface area contributed by atoms with Crippen molar-refractivity contribution in [1.82, 2.24) is 0 Å². The van der Waals surface area contributed by atoms with Gasteiger partial charge in [-0.3, -0.25) is 4.79 Å². The smallest absolute Gasteiger partial charge is 0.265 e. The minimum Gasteiger partial charge on any atom is -0.508 e. The first-order chi connectivity index (χ1) is 20.1. The van der Waals surface area contributed by atoms with E-state index in [4.69, 9.17) is 9.47 Å². The van der Waals surface area contributed by atoms with Crippen LogP contribution in [-0.4, -0.2) is 17.1 Å².